The molecule has 32 heavy (non-hydrogen) atoms. The van der Waals surface area contributed by atoms with Gasteiger partial charge in [-0.05, 0) is 49.2 Å². The third-order valence-electron chi connectivity index (χ3n) is 4.83. The van der Waals surface area contributed by atoms with Crippen LogP contribution in [0, 0.1) is 35.1 Å². The van der Waals surface area contributed by atoms with Crippen LogP contribution in [0.25, 0.3) is 19.8 Å². The van der Waals surface area contributed by atoms with Crippen molar-refractivity contribution in [2.45, 2.75) is 26.7 Å². The maximum atomic E-state index is 14.3. The lowest BCUT2D eigenvalue weighted by molar-refractivity contribution is 0.101. The van der Waals surface area contributed by atoms with Crippen LogP contribution in [-0.2, 0) is 6.42 Å². The van der Waals surface area contributed by atoms with Crippen molar-refractivity contribution in [1.29, 1.82) is 0 Å². The number of ketones is 1. The molecular weight excluding hydrogens is 456 g/mol. The minimum Gasteiger partial charge on any atom is -0.294 e. The summed E-state index contributed by atoms with van der Waals surface area (Å²) in [5.41, 5.74) is 0.365. The van der Waals surface area contributed by atoms with Gasteiger partial charge in [0.05, 0.1) is 16.0 Å². The van der Waals surface area contributed by atoms with E-state index in [0.717, 1.165) is 21.9 Å². The zero-order chi connectivity index (χ0) is 23.0. The summed E-state index contributed by atoms with van der Waals surface area (Å²) >= 11 is 2.56. The first-order valence-corrected chi connectivity index (χ1v) is 11.4. The average Bonchev–Trinajstić information content (AvgIpc) is 3.25. The number of halogens is 4. The Morgan fingerprint density at radius 2 is 1.56 bits per heavy atom. The van der Waals surface area contributed by atoms with E-state index in [-0.39, 0.29) is 16.7 Å². The summed E-state index contributed by atoms with van der Waals surface area (Å²) in [6, 6.07) is 7.94. The van der Waals surface area contributed by atoms with Gasteiger partial charge in [-0.25, -0.2) is 17.6 Å². The summed E-state index contributed by atoms with van der Waals surface area (Å²) in [5, 5.41) is 0. The number of aryl methyl sites for hydroxylation is 1. The number of carbonyl (C=O) groups excluding carboxylic acids is 1. The van der Waals surface area contributed by atoms with Gasteiger partial charge in [-0.3, -0.25) is 4.79 Å². The number of hydrogen-bond donors (Lipinski definition) is 0. The molecule has 0 saturated carbocycles. The molecule has 162 valence electrons. The van der Waals surface area contributed by atoms with Crippen molar-refractivity contribution in [1.82, 2.24) is 0 Å². The second-order valence-electron chi connectivity index (χ2n) is 7.25. The zero-order valence-corrected chi connectivity index (χ0v) is 18.7. The molecule has 0 aliphatic rings. The van der Waals surface area contributed by atoms with Gasteiger partial charge in [0, 0.05) is 25.9 Å². The molecule has 0 atom stereocenters. The molecule has 2 heterocycles. The van der Waals surface area contributed by atoms with E-state index >= 15 is 0 Å². The third kappa shape index (κ3) is 4.34. The van der Waals surface area contributed by atoms with Gasteiger partial charge in [0.25, 0.3) is 0 Å². The van der Waals surface area contributed by atoms with Crippen LogP contribution in [0.4, 0.5) is 17.6 Å². The van der Waals surface area contributed by atoms with E-state index in [9.17, 15) is 22.4 Å². The van der Waals surface area contributed by atoms with E-state index in [1.165, 1.54) is 41.7 Å². The lowest BCUT2D eigenvalue weighted by atomic mass is 10.0. The van der Waals surface area contributed by atoms with Gasteiger partial charge in [-0.2, -0.15) is 0 Å². The molecule has 2 aromatic carbocycles. The molecule has 0 aliphatic heterocycles. The maximum absolute atomic E-state index is 14.3. The molecule has 1 nitrogen and oxygen atoms in total. The van der Waals surface area contributed by atoms with Crippen molar-refractivity contribution in [3.8, 4) is 22.3 Å². The standard InChI is InChI=1S/C25H16F4OS2/c1-3-4-14-7-19(27)17(20(28)8-14)6-5-16-11-23-24(31-16)12-22(32-23)18-9-15(26)10-21(29)25(18)13(2)30/h7-12H,3-4H2,1-2H3. The third-order valence-corrected chi connectivity index (χ3v) is 7.07. The Labute approximate surface area is 190 Å². The monoisotopic (exact) mass is 472 g/mol. The molecule has 2 aromatic heterocycles. The Kier molecular flexibility index (Phi) is 6.18. The fourth-order valence-electron chi connectivity index (χ4n) is 3.46. The van der Waals surface area contributed by atoms with Crippen LogP contribution in [0.2, 0.25) is 0 Å². The van der Waals surface area contributed by atoms with Crippen LogP contribution in [0.5, 0.6) is 0 Å². The molecule has 4 aromatic rings. The first kappa shape index (κ1) is 22.3. The smallest absolute Gasteiger partial charge is 0.163 e. The molecule has 7 heteroatoms. The average molecular weight is 473 g/mol. The van der Waals surface area contributed by atoms with E-state index < -0.39 is 29.1 Å². The van der Waals surface area contributed by atoms with Gasteiger partial charge < -0.3 is 0 Å². The van der Waals surface area contributed by atoms with E-state index in [0.29, 0.717) is 27.8 Å². The van der Waals surface area contributed by atoms with E-state index in [1.807, 2.05) is 6.92 Å². The molecular formula is C25H16F4OS2. The highest BCUT2D eigenvalue weighted by Crippen LogP contribution is 2.40. The van der Waals surface area contributed by atoms with Crippen LogP contribution < -0.4 is 0 Å². The summed E-state index contributed by atoms with van der Waals surface area (Å²) < 4.78 is 58.1. The molecule has 0 N–H and O–H groups in total. The van der Waals surface area contributed by atoms with Crippen molar-refractivity contribution in [2.75, 3.05) is 0 Å². The molecule has 0 unspecified atom stereocenters. The van der Waals surface area contributed by atoms with Gasteiger partial charge in [0.1, 0.15) is 23.3 Å². The number of carbonyl (C=O) groups is 1. The first-order valence-electron chi connectivity index (χ1n) is 9.80. The van der Waals surface area contributed by atoms with Gasteiger partial charge >= 0.3 is 0 Å². The number of hydrogen-bond acceptors (Lipinski definition) is 3. The lowest BCUT2D eigenvalue weighted by Gasteiger charge is -2.06. The molecule has 0 saturated heterocycles. The fourth-order valence-corrected chi connectivity index (χ4v) is 5.73. The highest BCUT2D eigenvalue weighted by molar-refractivity contribution is 7.29. The van der Waals surface area contributed by atoms with Gasteiger partial charge in [-0.1, -0.05) is 25.2 Å². The molecule has 0 radical (unpaired) electrons. The molecule has 0 amide bonds. The molecule has 4 rings (SSSR count). The minimum atomic E-state index is -0.898. The van der Waals surface area contributed by atoms with Crippen molar-refractivity contribution < 1.29 is 22.4 Å². The SMILES string of the molecule is CCCc1cc(F)c(C#Cc2cc3sc(-c4cc(F)cc(F)c4C(C)=O)cc3s2)c(F)c1. The number of rotatable bonds is 4. The van der Waals surface area contributed by atoms with Crippen molar-refractivity contribution in [3.05, 3.63) is 81.2 Å². The Morgan fingerprint density at radius 3 is 2.19 bits per heavy atom. The van der Waals surface area contributed by atoms with E-state index in [1.54, 1.807) is 12.1 Å². The summed E-state index contributed by atoms with van der Waals surface area (Å²) in [6.07, 6.45) is 1.37. The maximum Gasteiger partial charge on any atom is 0.163 e. The van der Waals surface area contributed by atoms with E-state index in [2.05, 4.69) is 11.8 Å². The number of benzene rings is 2. The lowest BCUT2D eigenvalue weighted by Crippen LogP contribution is -2.01. The van der Waals surface area contributed by atoms with Crippen molar-refractivity contribution in [3.63, 3.8) is 0 Å². The number of thiophene rings is 2. The summed E-state index contributed by atoms with van der Waals surface area (Å²) in [7, 11) is 0. The minimum absolute atomic E-state index is 0.155. The highest BCUT2D eigenvalue weighted by Gasteiger charge is 2.19. The quantitative estimate of drug-likeness (QED) is 0.169. The van der Waals surface area contributed by atoms with Crippen LogP contribution >= 0.6 is 22.7 Å². The fraction of sp³-hybridized carbons (Fsp3) is 0.160. The number of fused-ring (bicyclic) bond motifs is 1. The summed E-state index contributed by atoms with van der Waals surface area (Å²) in [6.45, 7) is 3.17. The van der Waals surface area contributed by atoms with Crippen LogP contribution in [0.15, 0.2) is 36.4 Å². The zero-order valence-electron chi connectivity index (χ0n) is 17.1. The first-order chi connectivity index (χ1) is 15.3. The van der Waals surface area contributed by atoms with Crippen LogP contribution in [-0.4, -0.2) is 5.78 Å². The van der Waals surface area contributed by atoms with Gasteiger partial charge in [0.15, 0.2) is 5.78 Å². The molecule has 0 spiro atoms. The molecule has 0 fully saturated rings. The van der Waals surface area contributed by atoms with Gasteiger partial charge in [0.2, 0.25) is 0 Å². The Hall–Kier alpha value is -2.95. The molecule has 0 aliphatic carbocycles. The second-order valence-corrected chi connectivity index (χ2v) is 9.42. The van der Waals surface area contributed by atoms with Crippen LogP contribution in [0.1, 0.15) is 46.6 Å². The van der Waals surface area contributed by atoms with E-state index in [4.69, 9.17) is 0 Å². The number of Topliss-reactive ketones (excluding diaryl/α,β-unsaturated/α-hetero) is 1. The summed E-state index contributed by atoms with van der Waals surface area (Å²) in [4.78, 5) is 13.0. The second kappa shape index (κ2) is 8.89. The van der Waals surface area contributed by atoms with Gasteiger partial charge in [-0.15, -0.1) is 22.7 Å². The Bertz CT molecular complexity index is 1360. The predicted octanol–water partition coefficient (Wildman–Crippen LogP) is 7.74. The molecule has 0 bridgehead atoms. The van der Waals surface area contributed by atoms with Crippen molar-refractivity contribution >= 4 is 37.9 Å². The summed E-state index contributed by atoms with van der Waals surface area (Å²) in [5.74, 6) is 1.84. The Balaban J connectivity index is 1.69. The van der Waals surface area contributed by atoms with Crippen molar-refractivity contribution in [2.24, 2.45) is 0 Å². The predicted molar refractivity (Wildman–Crippen MR) is 121 cm³/mol. The highest BCUT2D eigenvalue weighted by atomic mass is 32.1. The normalized spacial score (nSPS) is 10.9. The topological polar surface area (TPSA) is 17.1 Å². The largest absolute Gasteiger partial charge is 0.294 e. The Morgan fingerprint density at radius 1 is 0.875 bits per heavy atom. The van der Waals surface area contributed by atoms with Crippen LogP contribution in [0.3, 0.4) is 0 Å².